The number of pyridine rings is 1. The molecule has 8 heteroatoms. The maximum absolute atomic E-state index is 14.2. The molecular formula is C38H40N2O4S2. The lowest BCUT2D eigenvalue weighted by molar-refractivity contribution is 0.0784. The lowest BCUT2D eigenvalue weighted by Crippen LogP contribution is -2.33. The van der Waals surface area contributed by atoms with E-state index in [0.717, 1.165) is 43.7 Å². The Labute approximate surface area is 276 Å². The molecule has 238 valence electrons. The number of nitrogens with zero attached hydrogens (tertiary/aromatic N) is 2. The van der Waals surface area contributed by atoms with E-state index in [0.29, 0.717) is 11.1 Å². The molecule has 6 nitrogen and oxygen atoms in total. The molecule has 5 aromatic rings. The van der Waals surface area contributed by atoms with Gasteiger partial charge in [0.05, 0.1) is 21.9 Å². The fourth-order valence-corrected chi connectivity index (χ4v) is 6.46. The van der Waals surface area contributed by atoms with E-state index in [4.69, 9.17) is 0 Å². The van der Waals surface area contributed by atoms with Crippen LogP contribution in [0.1, 0.15) is 67.7 Å². The summed E-state index contributed by atoms with van der Waals surface area (Å²) in [5.74, 6) is -0.166. The van der Waals surface area contributed by atoms with Crippen LogP contribution in [0.2, 0.25) is 0 Å². The van der Waals surface area contributed by atoms with Crippen LogP contribution in [0.5, 0.6) is 0 Å². The molecule has 0 saturated heterocycles. The zero-order valence-corrected chi connectivity index (χ0v) is 28.9. The first kappa shape index (κ1) is 33.4. The molecule has 0 saturated carbocycles. The summed E-state index contributed by atoms with van der Waals surface area (Å²) in [7, 11) is -3.42. The van der Waals surface area contributed by atoms with Crippen LogP contribution in [-0.2, 0) is 20.2 Å². The van der Waals surface area contributed by atoms with Crippen LogP contribution in [0.25, 0.3) is 22.0 Å². The molecule has 1 unspecified atom stereocenters. The minimum Gasteiger partial charge on any atom is -0.386 e. The number of anilines is 1. The van der Waals surface area contributed by atoms with Crippen molar-refractivity contribution >= 4 is 44.1 Å². The summed E-state index contributed by atoms with van der Waals surface area (Å²) in [5.41, 5.74) is 5.04. The van der Waals surface area contributed by atoms with Gasteiger partial charge in [-0.25, -0.2) is 8.42 Å². The molecule has 0 aliphatic rings. The van der Waals surface area contributed by atoms with Crippen LogP contribution >= 0.6 is 11.8 Å². The van der Waals surface area contributed by atoms with Gasteiger partial charge in [0.2, 0.25) is 0 Å². The highest BCUT2D eigenvalue weighted by Gasteiger charge is 2.33. The Morgan fingerprint density at radius 3 is 2.15 bits per heavy atom. The molecule has 1 amide bonds. The second kappa shape index (κ2) is 12.7. The lowest BCUT2D eigenvalue weighted by Gasteiger charge is -2.31. The van der Waals surface area contributed by atoms with E-state index >= 15 is 0 Å². The van der Waals surface area contributed by atoms with Gasteiger partial charge in [0, 0.05) is 39.5 Å². The predicted molar refractivity (Wildman–Crippen MR) is 190 cm³/mol. The Kier molecular flexibility index (Phi) is 9.19. The molecule has 0 aliphatic heterocycles. The summed E-state index contributed by atoms with van der Waals surface area (Å²) in [6.45, 7) is 8.89. The Bertz CT molecular complexity index is 2000. The molecule has 0 fully saturated rings. The van der Waals surface area contributed by atoms with Crippen LogP contribution in [0, 0.1) is 0 Å². The highest BCUT2D eigenvalue weighted by atomic mass is 32.2. The number of fused-ring (bicyclic) bond motifs is 1. The van der Waals surface area contributed by atoms with Crippen molar-refractivity contribution in [1.82, 2.24) is 4.98 Å². The van der Waals surface area contributed by atoms with Gasteiger partial charge >= 0.3 is 0 Å². The third kappa shape index (κ3) is 6.61. The topological polar surface area (TPSA) is 87.6 Å². The van der Waals surface area contributed by atoms with Crippen molar-refractivity contribution in [2.45, 2.75) is 55.9 Å². The van der Waals surface area contributed by atoms with E-state index < -0.39 is 20.2 Å². The van der Waals surface area contributed by atoms with Crippen molar-refractivity contribution in [3.05, 3.63) is 126 Å². The standard InChI is InChI=1S/C38H40N2O4S2/c1-25(40(32-17-19-33(45-6)20-18-32)36(41)26-13-15-30(16-14-26)37(2,3)42)27-10-8-11-28(22-27)34-24-31(38(4,5)46(7,43)44)23-29-12-9-21-39-35(29)34/h8-25,42H,1-7H3. The van der Waals surface area contributed by atoms with E-state index in [1.165, 1.54) is 6.26 Å². The first-order chi connectivity index (χ1) is 21.6. The number of carbonyl (C=O) groups is 1. The molecule has 5 rings (SSSR count). The number of hydrogen-bond donors (Lipinski definition) is 1. The maximum Gasteiger partial charge on any atom is 0.258 e. The van der Waals surface area contributed by atoms with Crippen LogP contribution in [0.3, 0.4) is 0 Å². The molecule has 46 heavy (non-hydrogen) atoms. The number of rotatable bonds is 9. The Balaban J connectivity index is 1.62. The van der Waals surface area contributed by atoms with Gasteiger partial charge in [-0.15, -0.1) is 11.8 Å². The van der Waals surface area contributed by atoms with E-state index in [1.807, 2.05) is 79.9 Å². The summed E-state index contributed by atoms with van der Waals surface area (Å²) in [6, 6.07) is 30.3. The third-order valence-corrected chi connectivity index (χ3v) is 11.6. The van der Waals surface area contributed by atoms with Gasteiger partial charge in [-0.2, -0.15) is 0 Å². The third-order valence-electron chi connectivity index (χ3n) is 8.80. The number of hydrogen-bond acceptors (Lipinski definition) is 6. The Hall–Kier alpha value is -3.98. The van der Waals surface area contributed by atoms with E-state index in [9.17, 15) is 18.3 Å². The zero-order valence-electron chi connectivity index (χ0n) is 27.3. The lowest BCUT2D eigenvalue weighted by atomic mass is 9.92. The van der Waals surface area contributed by atoms with Crippen molar-refractivity contribution in [2.24, 2.45) is 0 Å². The molecular weight excluding hydrogens is 613 g/mol. The Morgan fingerprint density at radius 1 is 0.870 bits per heavy atom. The number of sulfone groups is 1. The fourth-order valence-electron chi connectivity index (χ4n) is 5.51. The molecule has 0 spiro atoms. The van der Waals surface area contributed by atoms with Crippen LogP contribution < -0.4 is 4.90 Å². The summed E-state index contributed by atoms with van der Waals surface area (Å²) in [6.07, 6.45) is 5.01. The van der Waals surface area contributed by atoms with Crippen molar-refractivity contribution in [2.75, 3.05) is 17.4 Å². The molecule has 4 aromatic carbocycles. The van der Waals surface area contributed by atoms with Crippen molar-refractivity contribution < 1.29 is 18.3 Å². The van der Waals surface area contributed by atoms with E-state index in [1.54, 1.807) is 74.8 Å². The van der Waals surface area contributed by atoms with Gasteiger partial charge in [-0.3, -0.25) is 9.78 Å². The van der Waals surface area contributed by atoms with Gasteiger partial charge in [0.25, 0.3) is 5.91 Å². The zero-order chi connectivity index (χ0) is 33.4. The highest BCUT2D eigenvalue weighted by Crippen LogP contribution is 2.38. The predicted octanol–water partition coefficient (Wildman–Crippen LogP) is 8.54. The normalized spacial score (nSPS) is 13.0. The molecule has 1 heterocycles. The Morgan fingerprint density at radius 2 is 1.54 bits per heavy atom. The van der Waals surface area contributed by atoms with E-state index in [2.05, 4.69) is 11.1 Å². The second-order valence-corrected chi connectivity index (χ2v) is 16.1. The van der Waals surface area contributed by atoms with Gasteiger partial charge in [-0.1, -0.05) is 36.4 Å². The summed E-state index contributed by atoms with van der Waals surface area (Å²) in [5, 5.41) is 11.3. The van der Waals surface area contributed by atoms with Gasteiger partial charge in [-0.05, 0) is 124 Å². The number of thioether (sulfide) groups is 1. The summed E-state index contributed by atoms with van der Waals surface area (Å²) >= 11 is 1.64. The van der Waals surface area contributed by atoms with Gasteiger partial charge in [0.1, 0.15) is 0 Å². The second-order valence-electron chi connectivity index (χ2n) is 12.7. The molecule has 1 atom stereocenters. The monoisotopic (exact) mass is 652 g/mol. The van der Waals surface area contributed by atoms with E-state index in [-0.39, 0.29) is 11.9 Å². The maximum atomic E-state index is 14.2. The fraction of sp³-hybridized carbons (Fsp3) is 0.263. The average Bonchev–Trinajstić information content (AvgIpc) is 3.03. The first-order valence-corrected chi connectivity index (χ1v) is 18.2. The number of carbonyl (C=O) groups excluding carboxylic acids is 1. The molecule has 1 aromatic heterocycles. The average molecular weight is 653 g/mol. The number of aromatic nitrogens is 1. The quantitative estimate of drug-likeness (QED) is 0.161. The summed E-state index contributed by atoms with van der Waals surface area (Å²) in [4.78, 5) is 21.8. The largest absolute Gasteiger partial charge is 0.386 e. The van der Waals surface area contributed by atoms with Crippen molar-refractivity contribution in [1.29, 1.82) is 0 Å². The summed E-state index contributed by atoms with van der Waals surface area (Å²) < 4.78 is 24.5. The van der Waals surface area contributed by atoms with Crippen molar-refractivity contribution in [3.63, 3.8) is 0 Å². The minimum absolute atomic E-state index is 0.166. The smallest absolute Gasteiger partial charge is 0.258 e. The van der Waals surface area contributed by atoms with Crippen molar-refractivity contribution in [3.8, 4) is 11.1 Å². The van der Waals surface area contributed by atoms with Crippen LogP contribution in [0.4, 0.5) is 5.69 Å². The molecule has 0 aliphatic carbocycles. The first-order valence-electron chi connectivity index (χ1n) is 15.1. The number of benzene rings is 4. The molecule has 1 N–H and O–H groups in total. The number of aliphatic hydroxyl groups is 1. The van der Waals surface area contributed by atoms with Gasteiger partial charge in [0.15, 0.2) is 9.84 Å². The van der Waals surface area contributed by atoms with Gasteiger partial charge < -0.3 is 10.0 Å². The highest BCUT2D eigenvalue weighted by molar-refractivity contribution is 7.98. The number of amides is 1. The minimum atomic E-state index is -3.42. The van der Waals surface area contributed by atoms with Crippen LogP contribution in [-0.4, -0.2) is 36.9 Å². The molecule has 0 radical (unpaired) electrons. The van der Waals surface area contributed by atoms with Crippen LogP contribution in [0.15, 0.2) is 108 Å². The SMILES string of the molecule is CSc1ccc(N(C(=O)c2ccc(C(C)(C)O)cc2)C(C)c2cccc(-c3cc(C(C)(C)S(C)(=O)=O)cc4cccnc34)c2)cc1. The molecule has 0 bridgehead atoms.